The summed E-state index contributed by atoms with van der Waals surface area (Å²) in [5, 5.41) is 6.38. The molecule has 10 heteroatoms. The molecule has 1 unspecified atom stereocenters. The van der Waals surface area contributed by atoms with Gasteiger partial charge in [0.15, 0.2) is 5.96 Å². The highest BCUT2D eigenvalue weighted by Crippen LogP contribution is 2.16. The molecule has 0 radical (unpaired) electrons. The number of carbonyl (C=O) groups excluding carboxylic acids is 1. The third-order valence-electron chi connectivity index (χ3n) is 4.65. The molecule has 0 aliphatic carbocycles. The Morgan fingerprint density at radius 3 is 2.63 bits per heavy atom. The van der Waals surface area contributed by atoms with Crippen molar-refractivity contribution in [2.24, 2.45) is 4.99 Å². The maximum atomic E-state index is 12.4. The number of likely N-dealkylation sites (tertiary alicyclic amines) is 1. The minimum atomic E-state index is -4.42. The summed E-state index contributed by atoms with van der Waals surface area (Å²) < 4.78 is 37.3. The quantitative estimate of drug-likeness (QED) is 0.317. The monoisotopic (exact) mass is 541 g/mol. The number of hydrogen-bond donors (Lipinski definition) is 2. The molecule has 1 aromatic rings. The van der Waals surface area contributed by atoms with Gasteiger partial charge in [-0.2, -0.15) is 13.2 Å². The normalized spacial score (nSPS) is 17.8. The highest BCUT2D eigenvalue weighted by Gasteiger charge is 2.31. The van der Waals surface area contributed by atoms with Crippen LogP contribution in [-0.4, -0.2) is 73.7 Å². The molecule has 0 bridgehead atoms. The molecule has 1 amide bonds. The summed E-state index contributed by atoms with van der Waals surface area (Å²) in [6.07, 6.45) is -2.41. The molecule has 1 aromatic carbocycles. The van der Waals surface area contributed by atoms with Gasteiger partial charge in [-0.1, -0.05) is 30.3 Å². The van der Waals surface area contributed by atoms with Crippen molar-refractivity contribution in [2.45, 2.75) is 38.5 Å². The zero-order valence-corrected chi connectivity index (χ0v) is 19.7. The van der Waals surface area contributed by atoms with Gasteiger partial charge in [-0.05, 0) is 31.9 Å². The minimum absolute atomic E-state index is 0. The molecule has 2 N–H and O–H groups in total. The van der Waals surface area contributed by atoms with Gasteiger partial charge in [-0.25, -0.2) is 4.99 Å². The Morgan fingerprint density at radius 1 is 1.30 bits per heavy atom. The number of rotatable bonds is 7. The standard InChI is InChI=1S/C20H30F3N5O.HI/c1-3-24-19(25-12-18(29)27(2)15-20(21,22)23)26-17-10-7-11-28(14-17)13-16-8-5-4-6-9-16;/h4-6,8-9,17H,3,7,10-15H2,1-2H3,(H2,24,25,26);1H. The predicted molar refractivity (Wildman–Crippen MR) is 123 cm³/mol. The van der Waals surface area contributed by atoms with E-state index in [4.69, 9.17) is 0 Å². The number of benzene rings is 1. The Kier molecular flexibility index (Phi) is 11.5. The first-order valence-electron chi connectivity index (χ1n) is 9.88. The first-order chi connectivity index (χ1) is 13.8. The number of piperidine rings is 1. The highest BCUT2D eigenvalue weighted by atomic mass is 127. The molecule has 1 fully saturated rings. The van der Waals surface area contributed by atoms with Crippen LogP contribution in [0.5, 0.6) is 0 Å². The van der Waals surface area contributed by atoms with Crippen LogP contribution in [0.4, 0.5) is 13.2 Å². The molecule has 170 valence electrons. The number of alkyl halides is 3. The van der Waals surface area contributed by atoms with E-state index < -0.39 is 18.6 Å². The van der Waals surface area contributed by atoms with Crippen LogP contribution < -0.4 is 10.6 Å². The number of amides is 1. The zero-order chi connectivity index (χ0) is 21.3. The SMILES string of the molecule is CCNC(=NCC(=O)N(C)CC(F)(F)F)NC1CCCN(Cc2ccccc2)C1.I. The molecule has 1 aliphatic heterocycles. The van der Waals surface area contributed by atoms with Crippen molar-refractivity contribution in [3.63, 3.8) is 0 Å². The fourth-order valence-electron chi connectivity index (χ4n) is 3.30. The van der Waals surface area contributed by atoms with E-state index in [0.717, 1.165) is 39.5 Å². The van der Waals surface area contributed by atoms with Gasteiger partial charge in [0.1, 0.15) is 13.1 Å². The number of nitrogens with one attached hydrogen (secondary N) is 2. The first kappa shape index (κ1) is 26.5. The highest BCUT2D eigenvalue weighted by molar-refractivity contribution is 14.0. The second-order valence-electron chi connectivity index (χ2n) is 7.26. The Balaban J connectivity index is 0.00000450. The van der Waals surface area contributed by atoms with Crippen molar-refractivity contribution in [1.82, 2.24) is 20.4 Å². The maximum Gasteiger partial charge on any atom is 0.406 e. The smallest absolute Gasteiger partial charge is 0.357 e. The van der Waals surface area contributed by atoms with Gasteiger partial charge < -0.3 is 15.5 Å². The van der Waals surface area contributed by atoms with Crippen molar-refractivity contribution in [3.05, 3.63) is 35.9 Å². The van der Waals surface area contributed by atoms with E-state index in [1.54, 1.807) is 0 Å². The lowest BCUT2D eigenvalue weighted by Gasteiger charge is -2.34. The average molecular weight is 541 g/mol. The molecule has 2 rings (SSSR count). The third-order valence-corrected chi connectivity index (χ3v) is 4.65. The number of aliphatic imine (C=N–C) groups is 1. The largest absolute Gasteiger partial charge is 0.406 e. The molecule has 1 saturated heterocycles. The molecular formula is C20H31F3IN5O. The fourth-order valence-corrected chi connectivity index (χ4v) is 3.30. The van der Waals surface area contributed by atoms with Crippen LogP contribution in [0, 0.1) is 0 Å². The third kappa shape index (κ3) is 9.96. The minimum Gasteiger partial charge on any atom is -0.357 e. The average Bonchev–Trinajstić information content (AvgIpc) is 2.66. The number of guanidine groups is 1. The van der Waals surface area contributed by atoms with Gasteiger partial charge in [0.2, 0.25) is 5.91 Å². The lowest BCUT2D eigenvalue weighted by Crippen LogP contribution is -2.51. The van der Waals surface area contributed by atoms with Crippen molar-refractivity contribution in [2.75, 3.05) is 39.8 Å². The van der Waals surface area contributed by atoms with Crippen LogP contribution in [0.3, 0.4) is 0 Å². The van der Waals surface area contributed by atoms with Crippen LogP contribution in [-0.2, 0) is 11.3 Å². The van der Waals surface area contributed by atoms with Gasteiger partial charge >= 0.3 is 6.18 Å². The Hall–Kier alpha value is -1.56. The molecule has 1 heterocycles. The second kappa shape index (κ2) is 13.0. The Bertz CT molecular complexity index is 672. The first-order valence-corrected chi connectivity index (χ1v) is 9.88. The topological polar surface area (TPSA) is 60.0 Å². The molecule has 0 saturated carbocycles. The van der Waals surface area contributed by atoms with E-state index in [0.29, 0.717) is 17.4 Å². The van der Waals surface area contributed by atoms with Crippen LogP contribution in [0.1, 0.15) is 25.3 Å². The molecule has 1 atom stereocenters. The van der Waals surface area contributed by atoms with E-state index in [2.05, 4.69) is 32.7 Å². The number of halogens is 4. The number of nitrogens with zero attached hydrogens (tertiary/aromatic N) is 3. The van der Waals surface area contributed by atoms with Crippen LogP contribution in [0.2, 0.25) is 0 Å². The van der Waals surface area contributed by atoms with E-state index >= 15 is 0 Å². The summed E-state index contributed by atoms with van der Waals surface area (Å²) in [6.45, 7) is 3.61. The molecule has 0 spiro atoms. The van der Waals surface area contributed by atoms with Crippen LogP contribution in [0.15, 0.2) is 35.3 Å². The van der Waals surface area contributed by atoms with Crippen LogP contribution in [0.25, 0.3) is 0 Å². The zero-order valence-electron chi connectivity index (χ0n) is 17.4. The molecular weight excluding hydrogens is 510 g/mol. The molecule has 30 heavy (non-hydrogen) atoms. The van der Waals surface area contributed by atoms with Gasteiger partial charge in [-0.3, -0.25) is 9.69 Å². The number of carbonyl (C=O) groups is 1. The Morgan fingerprint density at radius 2 is 2.00 bits per heavy atom. The predicted octanol–water partition coefficient (Wildman–Crippen LogP) is 2.84. The van der Waals surface area contributed by atoms with Crippen molar-refractivity contribution in [1.29, 1.82) is 0 Å². The lowest BCUT2D eigenvalue weighted by atomic mass is 10.0. The van der Waals surface area contributed by atoms with E-state index in [1.807, 2.05) is 25.1 Å². The maximum absolute atomic E-state index is 12.4. The number of likely N-dealkylation sites (N-methyl/N-ethyl adjacent to an activating group) is 1. The molecule has 6 nitrogen and oxygen atoms in total. The van der Waals surface area contributed by atoms with Gasteiger partial charge in [0.25, 0.3) is 0 Å². The number of hydrogen-bond acceptors (Lipinski definition) is 3. The summed E-state index contributed by atoms with van der Waals surface area (Å²) in [7, 11) is 1.13. The molecule has 1 aliphatic rings. The van der Waals surface area contributed by atoms with Crippen LogP contribution >= 0.6 is 24.0 Å². The Labute approximate surface area is 193 Å². The fraction of sp³-hybridized carbons (Fsp3) is 0.600. The summed E-state index contributed by atoms with van der Waals surface area (Å²) in [5.41, 5.74) is 1.26. The van der Waals surface area contributed by atoms with E-state index in [-0.39, 0.29) is 36.6 Å². The van der Waals surface area contributed by atoms with Crippen molar-refractivity contribution < 1.29 is 18.0 Å². The molecule has 0 aromatic heterocycles. The summed E-state index contributed by atoms with van der Waals surface area (Å²) >= 11 is 0. The van der Waals surface area contributed by atoms with Gasteiger partial charge in [-0.15, -0.1) is 24.0 Å². The van der Waals surface area contributed by atoms with Gasteiger partial charge in [0, 0.05) is 32.7 Å². The van der Waals surface area contributed by atoms with E-state index in [1.165, 1.54) is 5.56 Å². The summed E-state index contributed by atoms with van der Waals surface area (Å²) in [4.78, 5) is 19.1. The van der Waals surface area contributed by atoms with Crippen molar-refractivity contribution >= 4 is 35.8 Å². The van der Waals surface area contributed by atoms with Crippen molar-refractivity contribution in [3.8, 4) is 0 Å². The van der Waals surface area contributed by atoms with E-state index in [9.17, 15) is 18.0 Å². The summed E-state index contributed by atoms with van der Waals surface area (Å²) in [6, 6.07) is 10.4. The second-order valence-corrected chi connectivity index (χ2v) is 7.26. The lowest BCUT2D eigenvalue weighted by molar-refractivity contribution is -0.157. The summed E-state index contributed by atoms with van der Waals surface area (Å²) in [5.74, 6) is -0.221. The van der Waals surface area contributed by atoms with Gasteiger partial charge in [0.05, 0.1) is 0 Å².